The quantitative estimate of drug-likeness (QED) is 0.821. The van der Waals surface area contributed by atoms with Crippen LogP contribution >= 0.6 is 0 Å². The van der Waals surface area contributed by atoms with Crippen molar-refractivity contribution >= 4 is 21.7 Å². The molecule has 0 spiro atoms. The number of rotatable bonds is 3. The third-order valence-corrected chi connectivity index (χ3v) is 5.21. The van der Waals surface area contributed by atoms with Crippen molar-refractivity contribution < 1.29 is 22.4 Å². The van der Waals surface area contributed by atoms with Crippen LogP contribution < -0.4 is 0 Å². The largest absolute Gasteiger partial charge is 0.459 e. The van der Waals surface area contributed by atoms with Crippen LogP contribution in [0, 0.1) is 0 Å². The summed E-state index contributed by atoms with van der Waals surface area (Å²) in [6.45, 7) is 1.57. The molecule has 2 aromatic rings. The molecule has 0 atom stereocenters. The molecule has 25 heavy (non-hydrogen) atoms. The Labute approximate surface area is 145 Å². The lowest BCUT2D eigenvalue weighted by atomic mass is 10.2. The molecule has 1 aromatic carbocycles. The second-order valence-electron chi connectivity index (χ2n) is 5.86. The maximum Gasteiger partial charge on any atom is 0.289 e. The number of furan rings is 1. The topological polar surface area (TPSA) is 87.9 Å². The number of sulfone groups is 1. The standard InChI is InChI=1S/C17H18N2O5S/c1-25(22,23)14-5-2-4-13(12-14)16(20)18-7-9-19(10-8-18)17(21)15-6-3-11-24-15/h2-6,11-12H,7-10H2,1H3. The van der Waals surface area contributed by atoms with Gasteiger partial charge in [0.1, 0.15) is 0 Å². The summed E-state index contributed by atoms with van der Waals surface area (Å²) in [7, 11) is -3.37. The molecule has 1 fully saturated rings. The Morgan fingerprint density at radius 2 is 1.60 bits per heavy atom. The van der Waals surface area contributed by atoms with Crippen LogP contribution in [0.2, 0.25) is 0 Å². The molecule has 7 nitrogen and oxygen atoms in total. The van der Waals surface area contributed by atoms with Crippen molar-refractivity contribution in [3.63, 3.8) is 0 Å². The molecule has 0 aliphatic carbocycles. The molecule has 3 rings (SSSR count). The highest BCUT2D eigenvalue weighted by Crippen LogP contribution is 2.15. The highest BCUT2D eigenvalue weighted by Gasteiger charge is 2.26. The molecule has 1 aromatic heterocycles. The minimum atomic E-state index is -3.37. The number of nitrogens with zero attached hydrogens (tertiary/aromatic N) is 2. The molecule has 2 amide bonds. The lowest BCUT2D eigenvalue weighted by Crippen LogP contribution is -2.50. The summed E-state index contributed by atoms with van der Waals surface area (Å²) in [5.41, 5.74) is 0.328. The lowest BCUT2D eigenvalue weighted by Gasteiger charge is -2.34. The van der Waals surface area contributed by atoms with Gasteiger partial charge in [0.25, 0.3) is 11.8 Å². The van der Waals surface area contributed by atoms with E-state index in [9.17, 15) is 18.0 Å². The molecular weight excluding hydrogens is 344 g/mol. The van der Waals surface area contributed by atoms with Crippen LogP contribution in [0.4, 0.5) is 0 Å². The molecule has 0 unspecified atom stereocenters. The molecule has 0 N–H and O–H groups in total. The van der Waals surface area contributed by atoms with Crippen molar-refractivity contribution in [3.05, 3.63) is 54.0 Å². The Balaban J connectivity index is 1.67. The van der Waals surface area contributed by atoms with Crippen molar-refractivity contribution in [2.45, 2.75) is 4.90 Å². The maximum absolute atomic E-state index is 12.6. The highest BCUT2D eigenvalue weighted by molar-refractivity contribution is 7.90. The SMILES string of the molecule is CS(=O)(=O)c1cccc(C(=O)N2CCN(C(=O)c3ccco3)CC2)c1. The van der Waals surface area contributed by atoms with Gasteiger partial charge >= 0.3 is 0 Å². The second-order valence-corrected chi connectivity index (χ2v) is 7.88. The average molecular weight is 362 g/mol. The first-order valence-electron chi connectivity index (χ1n) is 7.78. The number of carbonyl (C=O) groups is 2. The molecule has 132 valence electrons. The number of piperazine rings is 1. The Kier molecular flexibility index (Phi) is 4.63. The van der Waals surface area contributed by atoms with Gasteiger partial charge < -0.3 is 14.2 Å². The van der Waals surface area contributed by atoms with Crippen LogP contribution in [0.25, 0.3) is 0 Å². The molecule has 0 bridgehead atoms. The van der Waals surface area contributed by atoms with Crippen LogP contribution in [-0.4, -0.2) is 62.5 Å². The average Bonchev–Trinajstić information content (AvgIpc) is 3.15. The Morgan fingerprint density at radius 3 is 2.16 bits per heavy atom. The van der Waals surface area contributed by atoms with E-state index in [-0.39, 0.29) is 22.5 Å². The zero-order valence-electron chi connectivity index (χ0n) is 13.7. The van der Waals surface area contributed by atoms with Crippen molar-refractivity contribution in [3.8, 4) is 0 Å². The fourth-order valence-electron chi connectivity index (χ4n) is 2.71. The van der Waals surface area contributed by atoms with Gasteiger partial charge in [0.05, 0.1) is 11.2 Å². The van der Waals surface area contributed by atoms with Crippen molar-refractivity contribution in [1.82, 2.24) is 9.80 Å². The van der Waals surface area contributed by atoms with E-state index < -0.39 is 9.84 Å². The van der Waals surface area contributed by atoms with Crippen LogP contribution in [0.1, 0.15) is 20.9 Å². The Bertz CT molecular complexity index is 882. The summed E-state index contributed by atoms with van der Waals surface area (Å²) in [6, 6.07) is 9.26. The highest BCUT2D eigenvalue weighted by atomic mass is 32.2. The monoisotopic (exact) mass is 362 g/mol. The van der Waals surface area contributed by atoms with Gasteiger partial charge in [-0.2, -0.15) is 0 Å². The Hall–Kier alpha value is -2.61. The van der Waals surface area contributed by atoms with Crippen molar-refractivity contribution in [1.29, 1.82) is 0 Å². The first-order chi connectivity index (χ1) is 11.9. The summed E-state index contributed by atoms with van der Waals surface area (Å²) in [5, 5.41) is 0. The smallest absolute Gasteiger partial charge is 0.289 e. The summed E-state index contributed by atoms with van der Waals surface area (Å²) in [4.78, 5) is 28.2. The van der Waals surface area contributed by atoms with Gasteiger partial charge in [0, 0.05) is 38.0 Å². The predicted molar refractivity (Wildman–Crippen MR) is 90.1 cm³/mol. The number of benzene rings is 1. The number of amides is 2. The van der Waals surface area contributed by atoms with Gasteiger partial charge in [-0.15, -0.1) is 0 Å². The van der Waals surface area contributed by atoms with E-state index in [1.165, 1.54) is 18.4 Å². The van der Waals surface area contributed by atoms with Crippen molar-refractivity contribution in [2.75, 3.05) is 32.4 Å². The maximum atomic E-state index is 12.6. The van der Waals surface area contributed by atoms with Gasteiger partial charge in [0.15, 0.2) is 15.6 Å². The fourth-order valence-corrected chi connectivity index (χ4v) is 3.38. The zero-order valence-corrected chi connectivity index (χ0v) is 14.5. The summed E-state index contributed by atoms with van der Waals surface area (Å²) in [6.07, 6.45) is 2.55. The molecule has 1 saturated heterocycles. The lowest BCUT2D eigenvalue weighted by molar-refractivity contribution is 0.0518. The van der Waals surface area contributed by atoms with E-state index in [2.05, 4.69) is 0 Å². The van der Waals surface area contributed by atoms with Gasteiger partial charge in [-0.25, -0.2) is 8.42 Å². The Morgan fingerprint density at radius 1 is 0.960 bits per heavy atom. The fraction of sp³-hybridized carbons (Fsp3) is 0.294. The van der Waals surface area contributed by atoms with E-state index in [1.54, 1.807) is 34.1 Å². The molecule has 1 aliphatic rings. The normalized spacial score (nSPS) is 15.2. The molecule has 0 saturated carbocycles. The molecule has 1 aliphatic heterocycles. The van der Waals surface area contributed by atoms with E-state index in [0.29, 0.717) is 31.7 Å². The van der Waals surface area contributed by atoms with Gasteiger partial charge in [-0.05, 0) is 30.3 Å². The molecule has 8 heteroatoms. The number of hydrogen-bond acceptors (Lipinski definition) is 5. The van der Waals surface area contributed by atoms with Gasteiger partial charge in [-0.1, -0.05) is 6.07 Å². The number of hydrogen-bond donors (Lipinski definition) is 0. The third-order valence-electron chi connectivity index (χ3n) is 4.10. The third kappa shape index (κ3) is 3.74. The predicted octanol–water partition coefficient (Wildman–Crippen LogP) is 1.28. The van der Waals surface area contributed by atoms with Gasteiger partial charge in [0.2, 0.25) is 0 Å². The summed E-state index contributed by atoms with van der Waals surface area (Å²) in [5.74, 6) is -0.160. The zero-order chi connectivity index (χ0) is 18.0. The minimum Gasteiger partial charge on any atom is -0.459 e. The van der Waals surface area contributed by atoms with Crippen LogP contribution in [0.15, 0.2) is 52.0 Å². The van der Waals surface area contributed by atoms with Crippen molar-refractivity contribution in [2.24, 2.45) is 0 Å². The summed E-state index contributed by atoms with van der Waals surface area (Å²) < 4.78 is 28.4. The van der Waals surface area contributed by atoms with Crippen LogP contribution in [0.5, 0.6) is 0 Å². The molecule has 0 radical (unpaired) electrons. The van der Waals surface area contributed by atoms with E-state index >= 15 is 0 Å². The van der Waals surface area contributed by atoms with E-state index in [1.807, 2.05) is 0 Å². The van der Waals surface area contributed by atoms with E-state index in [4.69, 9.17) is 4.42 Å². The first kappa shape index (κ1) is 17.2. The molecule has 2 heterocycles. The van der Waals surface area contributed by atoms with Gasteiger partial charge in [-0.3, -0.25) is 9.59 Å². The first-order valence-corrected chi connectivity index (χ1v) is 9.67. The van der Waals surface area contributed by atoms with Crippen LogP contribution in [0.3, 0.4) is 0 Å². The van der Waals surface area contributed by atoms with E-state index in [0.717, 1.165) is 6.26 Å². The molecular formula is C17H18N2O5S. The summed E-state index contributed by atoms with van der Waals surface area (Å²) >= 11 is 0. The van der Waals surface area contributed by atoms with Crippen LogP contribution in [-0.2, 0) is 9.84 Å². The number of carbonyl (C=O) groups excluding carboxylic acids is 2. The minimum absolute atomic E-state index is 0.116. The second kappa shape index (κ2) is 6.72.